The average Bonchev–Trinajstić information content (AvgIpc) is 2.36. The minimum absolute atomic E-state index is 0.0844. The van der Waals surface area contributed by atoms with Crippen LogP contribution in [0.15, 0.2) is 18.2 Å². The number of esters is 2. The van der Waals surface area contributed by atoms with Gasteiger partial charge in [0.2, 0.25) is 0 Å². The zero-order valence-electron chi connectivity index (χ0n) is 12.3. The molecule has 0 amide bonds. The van der Waals surface area contributed by atoms with Crippen molar-refractivity contribution in [2.75, 3.05) is 0 Å². The number of nitro benzene ring substituents is 1. The van der Waals surface area contributed by atoms with Gasteiger partial charge in [0, 0.05) is 11.6 Å². The minimum atomic E-state index is -1.05. The Morgan fingerprint density at radius 1 is 1.19 bits per heavy atom. The van der Waals surface area contributed by atoms with Crippen LogP contribution >= 0.6 is 0 Å². The molecule has 0 bridgehead atoms. The van der Waals surface area contributed by atoms with Crippen LogP contribution in [0.5, 0.6) is 0 Å². The lowest BCUT2D eigenvalue weighted by molar-refractivity contribution is -0.385. The third-order valence-corrected chi connectivity index (χ3v) is 2.60. The van der Waals surface area contributed by atoms with Gasteiger partial charge in [0.05, 0.1) is 16.6 Å². The third kappa shape index (κ3) is 4.55. The van der Waals surface area contributed by atoms with Crippen LogP contribution in [-0.2, 0) is 14.3 Å². The Bertz CT molecular complexity index is 567. The largest absolute Gasteiger partial charge is 0.460 e. The maximum absolute atomic E-state index is 11.9. The van der Waals surface area contributed by atoms with Crippen molar-refractivity contribution in [2.24, 2.45) is 0 Å². The van der Waals surface area contributed by atoms with Crippen molar-refractivity contribution >= 4 is 17.6 Å². The Morgan fingerprint density at radius 3 is 2.29 bits per heavy atom. The minimum Gasteiger partial charge on any atom is -0.460 e. The first-order chi connectivity index (χ1) is 9.72. The van der Waals surface area contributed by atoms with Crippen molar-refractivity contribution in [3.63, 3.8) is 0 Å². The number of ether oxygens (including phenoxy) is 2. The van der Waals surface area contributed by atoms with E-state index in [-0.39, 0.29) is 17.4 Å². The number of aryl methyl sites for hydroxylation is 1. The molecule has 21 heavy (non-hydrogen) atoms. The van der Waals surface area contributed by atoms with Gasteiger partial charge in [0.25, 0.3) is 5.69 Å². The fourth-order valence-corrected chi connectivity index (χ4v) is 1.59. The summed E-state index contributed by atoms with van der Waals surface area (Å²) in [7, 11) is 0. The second-order valence-corrected chi connectivity index (χ2v) is 4.79. The summed E-state index contributed by atoms with van der Waals surface area (Å²) in [5, 5.41) is 10.7. The van der Waals surface area contributed by atoms with Gasteiger partial charge in [-0.2, -0.15) is 0 Å². The van der Waals surface area contributed by atoms with Crippen LogP contribution in [-0.4, -0.2) is 29.1 Å². The molecule has 1 rings (SSSR count). The van der Waals surface area contributed by atoms with E-state index < -0.39 is 23.0 Å². The quantitative estimate of drug-likeness (QED) is 0.470. The van der Waals surface area contributed by atoms with Gasteiger partial charge in [-0.3, -0.25) is 10.1 Å². The van der Waals surface area contributed by atoms with Crippen molar-refractivity contribution in [1.82, 2.24) is 0 Å². The molecule has 0 saturated carbocycles. The zero-order valence-corrected chi connectivity index (χ0v) is 12.3. The molecule has 1 atom stereocenters. The number of carbonyl (C=O) groups excluding carboxylic acids is 2. The summed E-state index contributed by atoms with van der Waals surface area (Å²) in [6.45, 7) is 6.30. The molecular formula is C14H17NO6. The zero-order chi connectivity index (χ0) is 16.2. The highest BCUT2D eigenvalue weighted by molar-refractivity contribution is 5.92. The van der Waals surface area contributed by atoms with Gasteiger partial charge in [0.1, 0.15) is 0 Å². The first-order valence-electron chi connectivity index (χ1n) is 6.39. The summed E-state index contributed by atoms with van der Waals surface area (Å²) < 4.78 is 9.89. The molecule has 1 aromatic rings. The highest BCUT2D eigenvalue weighted by Crippen LogP contribution is 2.19. The summed E-state index contributed by atoms with van der Waals surface area (Å²) in [5.74, 6) is -1.38. The SMILES string of the molecule is Cc1cc(C(=O)OC(C)C(=O)OC(C)C)ccc1[N+](=O)[O-]. The molecule has 0 aliphatic rings. The molecule has 0 saturated heterocycles. The van der Waals surface area contributed by atoms with Crippen LogP contribution in [0.25, 0.3) is 0 Å². The Hall–Kier alpha value is -2.44. The van der Waals surface area contributed by atoms with Crippen LogP contribution in [0.4, 0.5) is 5.69 Å². The van der Waals surface area contributed by atoms with E-state index in [2.05, 4.69) is 0 Å². The summed E-state index contributed by atoms with van der Waals surface area (Å²) in [6, 6.07) is 3.86. The first kappa shape index (κ1) is 16.6. The molecule has 7 nitrogen and oxygen atoms in total. The van der Waals surface area contributed by atoms with Crippen LogP contribution in [0, 0.1) is 17.0 Å². The molecule has 0 spiro atoms. The van der Waals surface area contributed by atoms with Gasteiger partial charge in [-0.25, -0.2) is 9.59 Å². The maximum Gasteiger partial charge on any atom is 0.347 e. The summed E-state index contributed by atoms with van der Waals surface area (Å²) in [6.07, 6.45) is -1.35. The van der Waals surface area contributed by atoms with Crippen molar-refractivity contribution in [2.45, 2.75) is 39.9 Å². The van der Waals surface area contributed by atoms with Gasteiger partial charge in [-0.05, 0) is 39.8 Å². The summed E-state index contributed by atoms with van der Waals surface area (Å²) >= 11 is 0. The van der Waals surface area contributed by atoms with Gasteiger partial charge >= 0.3 is 11.9 Å². The van der Waals surface area contributed by atoms with Gasteiger partial charge in [0.15, 0.2) is 6.10 Å². The lowest BCUT2D eigenvalue weighted by Gasteiger charge is -2.14. The second-order valence-electron chi connectivity index (χ2n) is 4.79. The number of carbonyl (C=O) groups is 2. The molecule has 0 aromatic heterocycles. The average molecular weight is 295 g/mol. The van der Waals surface area contributed by atoms with Gasteiger partial charge in [-0.1, -0.05) is 0 Å². The van der Waals surface area contributed by atoms with Crippen LogP contribution < -0.4 is 0 Å². The van der Waals surface area contributed by atoms with Crippen LogP contribution in [0.1, 0.15) is 36.7 Å². The Morgan fingerprint density at radius 2 is 1.81 bits per heavy atom. The van der Waals surface area contributed by atoms with E-state index in [1.807, 2.05) is 0 Å². The third-order valence-electron chi connectivity index (χ3n) is 2.60. The fourth-order valence-electron chi connectivity index (χ4n) is 1.59. The summed E-state index contributed by atoms with van der Waals surface area (Å²) in [4.78, 5) is 33.6. The van der Waals surface area contributed by atoms with Crippen molar-refractivity contribution in [3.8, 4) is 0 Å². The molecule has 7 heteroatoms. The molecule has 0 radical (unpaired) electrons. The number of hydrogen-bond donors (Lipinski definition) is 0. The predicted molar refractivity (Wildman–Crippen MR) is 73.9 cm³/mol. The van der Waals surface area contributed by atoms with E-state index in [4.69, 9.17) is 9.47 Å². The normalized spacial score (nSPS) is 11.9. The van der Waals surface area contributed by atoms with Gasteiger partial charge < -0.3 is 9.47 Å². The molecule has 114 valence electrons. The molecule has 0 heterocycles. The summed E-state index contributed by atoms with van der Waals surface area (Å²) in [5.41, 5.74) is 0.396. The predicted octanol–water partition coefficient (Wildman–Crippen LogP) is 2.40. The van der Waals surface area contributed by atoms with E-state index in [1.165, 1.54) is 32.0 Å². The van der Waals surface area contributed by atoms with Crippen LogP contribution in [0.3, 0.4) is 0 Å². The Balaban J connectivity index is 2.78. The van der Waals surface area contributed by atoms with E-state index in [9.17, 15) is 19.7 Å². The topological polar surface area (TPSA) is 95.7 Å². The number of nitrogens with zero attached hydrogens (tertiary/aromatic N) is 1. The molecule has 0 aliphatic heterocycles. The Labute approximate surface area is 122 Å². The lowest BCUT2D eigenvalue weighted by atomic mass is 10.1. The maximum atomic E-state index is 11.9. The number of hydrogen-bond acceptors (Lipinski definition) is 6. The van der Waals surface area contributed by atoms with E-state index >= 15 is 0 Å². The Kier molecular flexibility index (Phi) is 5.40. The first-order valence-corrected chi connectivity index (χ1v) is 6.39. The molecule has 0 fully saturated rings. The number of nitro groups is 1. The van der Waals surface area contributed by atoms with Crippen LogP contribution in [0.2, 0.25) is 0 Å². The van der Waals surface area contributed by atoms with E-state index in [1.54, 1.807) is 13.8 Å². The molecule has 1 unspecified atom stereocenters. The monoisotopic (exact) mass is 295 g/mol. The highest BCUT2D eigenvalue weighted by atomic mass is 16.6. The van der Waals surface area contributed by atoms with Crippen molar-refractivity contribution in [3.05, 3.63) is 39.4 Å². The molecule has 0 N–H and O–H groups in total. The molecular weight excluding hydrogens is 278 g/mol. The number of rotatable bonds is 5. The van der Waals surface area contributed by atoms with Crippen molar-refractivity contribution in [1.29, 1.82) is 0 Å². The highest BCUT2D eigenvalue weighted by Gasteiger charge is 2.22. The van der Waals surface area contributed by atoms with Crippen molar-refractivity contribution < 1.29 is 24.0 Å². The van der Waals surface area contributed by atoms with E-state index in [0.717, 1.165) is 0 Å². The fraction of sp³-hybridized carbons (Fsp3) is 0.429. The van der Waals surface area contributed by atoms with E-state index in [0.29, 0.717) is 5.56 Å². The standard InChI is InChI=1S/C14H17NO6/c1-8(2)20-13(16)10(4)21-14(17)11-5-6-12(15(18)19)9(3)7-11/h5-8,10H,1-4H3. The number of benzene rings is 1. The smallest absolute Gasteiger partial charge is 0.347 e. The lowest BCUT2D eigenvalue weighted by Crippen LogP contribution is -2.28. The molecule has 0 aliphatic carbocycles. The van der Waals surface area contributed by atoms with Gasteiger partial charge in [-0.15, -0.1) is 0 Å². The second kappa shape index (κ2) is 6.83. The molecule has 1 aromatic carbocycles.